The molecule has 0 radical (unpaired) electrons. The molecule has 10 aromatic rings. The molecule has 8 aromatic carbocycles. The minimum absolute atomic E-state index is 0.158. The third-order valence-electron chi connectivity index (χ3n) is 12.2. The molecule has 2 heterocycles. The molecule has 1 aliphatic rings. The number of furan rings is 1. The molecule has 270 valence electrons. The Morgan fingerprint density at radius 1 is 0.482 bits per heavy atom. The molecule has 0 atom stereocenters. The molecule has 56 heavy (non-hydrogen) atoms. The maximum Gasteiger partial charge on any atom is 0.137 e. The van der Waals surface area contributed by atoms with E-state index in [9.17, 15) is 0 Å². The van der Waals surface area contributed by atoms with Crippen LogP contribution in [0.2, 0.25) is 0 Å². The Bertz CT molecular complexity index is 3160. The highest BCUT2D eigenvalue weighted by Crippen LogP contribution is 2.52. The van der Waals surface area contributed by atoms with E-state index in [1.54, 1.807) is 0 Å². The van der Waals surface area contributed by atoms with Gasteiger partial charge < -0.3 is 9.32 Å². The summed E-state index contributed by atoms with van der Waals surface area (Å²) in [5.41, 5.74) is 13.3. The molecule has 2 nitrogen and oxygen atoms in total. The zero-order chi connectivity index (χ0) is 37.8. The minimum atomic E-state index is 0.158. The number of thiophene rings is 1. The lowest BCUT2D eigenvalue weighted by Gasteiger charge is -2.27. The van der Waals surface area contributed by atoms with E-state index >= 15 is 0 Å². The quantitative estimate of drug-likeness (QED) is 0.175. The van der Waals surface area contributed by atoms with Crippen LogP contribution in [0.3, 0.4) is 0 Å². The second kappa shape index (κ2) is 12.2. The Morgan fingerprint density at radius 3 is 2.00 bits per heavy atom. The van der Waals surface area contributed by atoms with E-state index < -0.39 is 0 Å². The van der Waals surface area contributed by atoms with Crippen LogP contribution in [0.25, 0.3) is 75.1 Å². The van der Waals surface area contributed by atoms with Gasteiger partial charge in [0.15, 0.2) is 0 Å². The van der Waals surface area contributed by atoms with Crippen LogP contribution in [0.4, 0.5) is 17.1 Å². The molecule has 0 bridgehead atoms. The second-order valence-corrected chi connectivity index (χ2v) is 17.9. The van der Waals surface area contributed by atoms with Crippen molar-refractivity contribution in [2.45, 2.75) is 44.9 Å². The summed E-state index contributed by atoms with van der Waals surface area (Å²) in [4.78, 5) is 2.40. The highest BCUT2D eigenvalue weighted by Gasteiger charge is 2.42. The van der Waals surface area contributed by atoms with Gasteiger partial charge in [-0.25, -0.2) is 0 Å². The summed E-state index contributed by atoms with van der Waals surface area (Å²) < 4.78 is 9.15. The van der Waals surface area contributed by atoms with Crippen molar-refractivity contribution in [1.82, 2.24) is 0 Å². The lowest BCUT2D eigenvalue weighted by molar-refractivity contribution is 0.403. The number of hydrogen-bond donors (Lipinski definition) is 0. The van der Waals surface area contributed by atoms with Crippen molar-refractivity contribution in [3.8, 4) is 22.3 Å². The molecule has 0 saturated heterocycles. The Morgan fingerprint density at radius 2 is 1.16 bits per heavy atom. The van der Waals surface area contributed by atoms with Crippen LogP contribution in [0.5, 0.6) is 0 Å². The van der Waals surface area contributed by atoms with Gasteiger partial charge in [-0.15, -0.1) is 11.3 Å². The molecular weight excluding hydrogens is 699 g/mol. The number of fused-ring (bicyclic) bond motifs is 8. The summed E-state index contributed by atoms with van der Waals surface area (Å²) >= 11 is 1.93. The predicted octanol–water partition coefficient (Wildman–Crippen LogP) is 15.9. The minimum Gasteiger partial charge on any atom is -0.456 e. The van der Waals surface area contributed by atoms with Gasteiger partial charge in [0.25, 0.3) is 0 Å². The van der Waals surface area contributed by atoms with Gasteiger partial charge >= 0.3 is 0 Å². The first-order valence-electron chi connectivity index (χ1n) is 19.6. The summed E-state index contributed by atoms with van der Waals surface area (Å²) in [5.74, 6) is 0. The Labute approximate surface area is 331 Å². The van der Waals surface area contributed by atoms with Gasteiger partial charge in [-0.1, -0.05) is 125 Å². The van der Waals surface area contributed by atoms with Crippen LogP contribution in [0.15, 0.2) is 168 Å². The van der Waals surface area contributed by atoms with Crippen molar-refractivity contribution in [2.24, 2.45) is 0 Å². The predicted molar refractivity (Wildman–Crippen MR) is 240 cm³/mol. The fourth-order valence-corrected chi connectivity index (χ4v) is 11.0. The first-order chi connectivity index (χ1) is 27.2. The fraction of sp³-hybridized carbons (Fsp3) is 0.132. The Balaban J connectivity index is 1.10. The Kier molecular flexibility index (Phi) is 7.21. The van der Waals surface area contributed by atoms with Crippen LogP contribution in [-0.4, -0.2) is 0 Å². The topological polar surface area (TPSA) is 16.4 Å². The number of para-hydroxylation sites is 1. The summed E-state index contributed by atoms with van der Waals surface area (Å²) in [6.45, 7) is 9.64. The summed E-state index contributed by atoms with van der Waals surface area (Å²) in [5, 5.41) is 7.38. The third-order valence-corrected chi connectivity index (χ3v) is 13.4. The van der Waals surface area contributed by atoms with Crippen LogP contribution < -0.4 is 4.90 Å². The van der Waals surface area contributed by atoms with Crippen molar-refractivity contribution in [2.75, 3.05) is 4.90 Å². The van der Waals surface area contributed by atoms with Crippen molar-refractivity contribution >= 4 is 81.3 Å². The number of anilines is 3. The zero-order valence-electron chi connectivity index (χ0n) is 32.1. The van der Waals surface area contributed by atoms with Crippen molar-refractivity contribution in [3.63, 3.8) is 0 Å². The summed E-state index contributed by atoms with van der Waals surface area (Å²) in [6, 6.07) is 60.1. The van der Waals surface area contributed by atoms with Crippen LogP contribution in [0, 0.1) is 0 Å². The van der Waals surface area contributed by atoms with Gasteiger partial charge in [0, 0.05) is 36.9 Å². The molecule has 0 N–H and O–H groups in total. The molecule has 0 saturated carbocycles. The van der Waals surface area contributed by atoms with Gasteiger partial charge in [-0.05, 0) is 128 Å². The monoisotopic (exact) mass is 739 g/mol. The lowest BCUT2D eigenvalue weighted by Crippen LogP contribution is -2.17. The zero-order valence-corrected chi connectivity index (χ0v) is 32.9. The van der Waals surface area contributed by atoms with E-state index in [1.807, 2.05) is 17.4 Å². The van der Waals surface area contributed by atoms with Gasteiger partial charge in [-0.3, -0.25) is 0 Å². The number of hydrogen-bond acceptors (Lipinski definition) is 3. The normalized spacial score (nSPS) is 14.6. The highest BCUT2D eigenvalue weighted by molar-refractivity contribution is 7.25. The molecule has 0 fully saturated rings. The Hall–Kier alpha value is -6.16. The smallest absolute Gasteiger partial charge is 0.137 e. The first kappa shape index (κ1) is 33.2. The van der Waals surface area contributed by atoms with Crippen LogP contribution >= 0.6 is 11.3 Å². The molecule has 1 aliphatic carbocycles. The molecule has 0 unspecified atom stereocenters. The summed E-state index contributed by atoms with van der Waals surface area (Å²) in [6.07, 6.45) is 1.17. The maximum absolute atomic E-state index is 6.42. The number of rotatable bonds is 5. The lowest BCUT2D eigenvalue weighted by atomic mass is 9.82. The van der Waals surface area contributed by atoms with Gasteiger partial charge in [-0.2, -0.15) is 0 Å². The SMILES string of the molecule is CC1(C)CC(C)(C)c2cc3c(cc21)sc1ccc(-c2cccc4ccc(N(c5ccc(-c6ccccc6)cc5)c5cccc6oc7ccccc7c56)cc24)cc13. The molecule has 11 rings (SSSR count). The van der Waals surface area contributed by atoms with Gasteiger partial charge in [0.2, 0.25) is 0 Å². The van der Waals surface area contributed by atoms with Crippen LogP contribution in [-0.2, 0) is 10.8 Å². The molecule has 0 aliphatic heterocycles. The van der Waals surface area contributed by atoms with Crippen molar-refractivity contribution < 1.29 is 4.42 Å². The van der Waals surface area contributed by atoms with E-state index in [-0.39, 0.29) is 10.8 Å². The molecular formula is C53H41NOS. The van der Waals surface area contributed by atoms with Crippen LogP contribution in [0.1, 0.15) is 45.2 Å². The average Bonchev–Trinajstić information content (AvgIpc) is 3.84. The van der Waals surface area contributed by atoms with E-state index in [2.05, 4.69) is 190 Å². The fourth-order valence-electron chi connectivity index (χ4n) is 9.86. The first-order valence-corrected chi connectivity index (χ1v) is 20.4. The number of nitrogens with zero attached hydrogens (tertiary/aromatic N) is 1. The van der Waals surface area contributed by atoms with Crippen molar-refractivity contribution in [3.05, 3.63) is 175 Å². The highest BCUT2D eigenvalue weighted by atomic mass is 32.1. The largest absolute Gasteiger partial charge is 0.456 e. The summed E-state index contributed by atoms with van der Waals surface area (Å²) in [7, 11) is 0. The van der Waals surface area contributed by atoms with Gasteiger partial charge in [0.1, 0.15) is 11.2 Å². The van der Waals surface area contributed by atoms with Crippen molar-refractivity contribution in [1.29, 1.82) is 0 Å². The van der Waals surface area contributed by atoms with E-state index in [4.69, 9.17) is 4.42 Å². The van der Waals surface area contributed by atoms with E-state index in [1.165, 1.54) is 70.7 Å². The number of benzene rings is 8. The maximum atomic E-state index is 6.42. The molecule has 2 aromatic heterocycles. The molecule has 0 amide bonds. The third kappa shape index (κ3) is 5.14. The van der Waals surface area contributed by atoms with E-state index in [0.717, 1.165) is 39.0 Å². The van der Waals surface area contributed by atoms with E-state index in [0.29, 0.717) is 0 Å². The van der Waals surface area contributed by atoms with Gasteiger partial charge in [0.05, 0.1) is 11.1 Å². The standard InChI is InChI=1S/C53H41NOS/c1-52(2)32-53(3,4)45-31-50-43(30-44(45)52)42-28-36(23-27-49(42)56-50)39-16-10-14-35-22-26-38(29-41(35)39)54(37-24-20-34(21-25-37)33-12-6-5-7-13-33)46-17-11-19-48-51(46)40-15-8-9-18-47(40)55-48/h5-31H,32H2,1-4H3. The second-order valence-electron chi connectivity index (χ2n) is 16.9. The average molecular weight is 740 g/mol. The molecule has 3 heteroatoms. The molecule has 0 spiro atoms.